The van der Waals surface area contributed by atoms with E-state index in [-0.39, 0.29) is 5.43 Å². The average molecular weight is 276 g/mol. The van der Waals surface area contributed by atoms with Crippen LogP contribution in [-0.2, 0) is 0 Å². The fourth-order valence-electron chi connectivity index (χ4n) is 2.49. The van der Waals surface area contributed by atoms with Crippen LogP contribution < -0.4 is 5.43 Å². The molecule has 0 radical (unpaired) electrons. The molecule has 0 saturated heterocycles. The molecule has 0 bridgehead atoms. The number of aryl methyl sites for hydroxylation is 1. The Morgan fingerprint density at radius 2 is 2.00 bits per heavy atom. The largest absolute Gasteiger partial charge is 0.463 e. The molecule has 0 spiro atoms. The summed E-state index contributed by atoms with van der Waals surface area (Å²) in [6, 6.07) is 13.3. The quantitative estimate of drug-likeness (QED) is 0.577. The Morgan fingerprint density at radius 3 is 2.86 bits per heavy atom. The highest BCUT2D eigenvalue weighted by Gasteiger charge is 2.12. The monoisotopic (exact) mass is 276 g/mol. The number of nitrogens with one attached hydrogen (secondary N) is 1. The highest BCUT2D eigenvalue weighted by atomic mass is 16.3. The van der Waals surface area contributed by atoms with E-state index in [4.69, 9.17) is 4.42 Å². The molecule has 0 fully saturated rings. The van der Waals surface area contributed by atoms with Gasteiger partial charge in [0.15, 0.2) is 0 Å². The van der Waals surface area contributed by atoms with Gasteiger partial charge in [0.1, 0.15) is 23.2 Å². The molecule has 0 amide bonds. The predicted octanol–water partition coefficient (Wildman–Crippen LogP) is 3.64. The van der Waals surface area contributed by atoms with Crippen LogP contribution in [0.25, 0.3) is 33.4 Å². The second kappa shape index (κ2) is 4.31. The van der Waals surface area contributed by atoms with Gasteiger partial charge in [-0.2, -0.15) is 0 Å². The number of rotatable bonds is 1. The van der Waals surface area contributed by atoms with Gasteiger partial charge in [-0.25, -0.2) is 4.98 Å². The lowest BCUT2D eigenvalue weighted by Gasteiger charge is -2.00. The average Bonchev–Trinajstić information content (AvgIpc) is 2.92. The van der Waals surface area contributed by atoms with Crippen molar-refractivity contribution in [2.75, 3.05) is 0 Å². The molecule has 0 atom stereocenters. The molecule has 0 aliphatic carbocycles. The van der Waals surface area contributed by atoms with Crippen molar-refractivity contribution < 1.29 is 4.42 Å². The smallest absolute Gasteiger partial charge is 0.203 e. The van der Waals surface area contributed by atoms with Crippen LogP contribution in [0, 0.1) is 6.92 Å². The number of fused-ring (bicyclic) bond motifs is 2. The number of hydrogen-bond acceptors (Lipinski definition) is 3. The van der Waals surface area contributed by atoms with Gasteiger partial charge in [0.25, 0.3) is 0 Å². The van der Waals surface area contributed by atoms with E-state index in [1.54, 1.807) is 0 Å². The number of hydrogen-bond donors (Lipinski definition) is 1. The van der Waals surface area contributed by atoms with Gasteiger partial charge in [-0.3, -0.25) is 4.79 Å². The molecule has 0 unspecified atom stereocenters. The number of aromatic amines is 1. The Bertz CT molecular complexity index is 995. The zero-order valence-corrected chi connectivity index (χ0v) is 11.4. The third-order valence-electron chi connectivity index (χ3n) is 3.57. The van der Waals surface area contributed by atoms with Crippen LogP contribution in [0.2, 0.25) is 0 Å². The highest BCUT2D eigenvalue weighted by Crippen LogP contribution is 2.21. The first-order valence-corrected chi connectivity index (χ1v) is 6.70. The maximum absolute atomic E-state index is 12.6. The lowest BCUT2D eigenvalue weighted by atomic mass is 10.1. The Labute approximate surface area is 120 Å². The van der Waals surface area contributed by atoms with Gasteiger partial charge >= 0.3 is 0 Å². The fourth-order valence-corrected chi connectivity index (χ4v) is 2.49. The second-order valence-corrected chi connectivity index (χ2v) is 5.08. The molecule has 2 heterocycles. The summed E-state index contributed by atoms with van der Waals surface area (Å²) in [6.45, 7) is 1.95. The van der Waals surface area contributed by atoms with Crippen molar-refractivity contribution in [2.24, 2.45) is 0 Å². The van der Waals surface area contributed by atoms with Crippen LogP contribution in [-0.4, -0.2) is 9.97 Å². The Kier molecular flexibility index (Phi) is 2.44. The molecular formula is C17H12N2O2. The number of aromatic nitrogens is 2. The van der Waals surface area contributed by atoms with E-state index in [1.807, 2.05) is 49.4 Å². The zero-order valence-electron chi connectivity index (χ0n) is 11.4. The van der Waals surface area contributed by atoms with Crippen LogP contribution in [0.4, 0.5) is 0 Å². The summed E-state index contributed by atoms with van der Waals surface area (Å²) < 4.78 is 5.57. The van der Waals surface area contributed by atoms with Crippen molar-refractivity contribution in [2.45, 2.75) is 6.92 Å². The molecule has 1 N–H and O–H groups in total. The second-order valence-electron chi connectivity index (χ2n) is 5.08. The lowest BCUT2D eigenvalue weighted by Crippen LogP contribution is -2.05. The topological polar surface area (TPSA) is 58.9 Å². The third-order valence-corrected chi connectivity index (χ3v) is 3.57. The first-order chi connectivity index (χ1) is 10.2. The van der Waals surface area contributed by atoms with E-state index < -0.39 is 0 Å². The first-order valence-electron chi connectivity index (χ1n) is 6.70. The molecule has 4 nitrogen and oxygen atoms in total. The predicted molar refractivity (Wildman–Crippen MR) is 82.3 cm³/mol. The van der Waals surface area contributed by atoms with Gasteiger partial charge in [0.05, 0.1) is 16.4 Å². The normalized spacial score (nSPS) is 11.3. The van der Waals surface area contributed by atoms with E-state index >= 15 is 0 Å². The standard InChI is InChI=1S/C17H12N2O2/c1-10-6-7-15-11(8-10)16(20)12(9-21-15)17-18-13-4-2-3-5-14(13)19-17/h2-9H,1H3,(H,18,19). The minimum Gasteiger partial charge on any atom is -0.463 e. The Hall–Kier alpha value is -2.88. The minimum absolute atomic E-state index is 0.0704. The van der Waals surface area contributed by atoms with Crippen molar-refractivity contribution in [3.8, 4) is 11.4 Å². The van der Waals surface area contributed by atoms with Gasteiger partial charge in [0, 0.05) is 0 Å². The fraction of sp³-hybridized carbons (Fsp3) is 0.0588. The van der Waals surface area contributed by atoms with Crippen molar-refractivity contribution in [1.82, 2.24) is 9.97 Å². The number of benzene rings is 2. The summed E-state index contributed by atoms with van der Waals surface area (Å²) in [7, 11) is 0. The summed E-state index contributed by atoms with van der Waals surface area (Å²) in [4.78, 5) is 20.3. The lowest BCUT2D eigenvalue weighted by molar-refractivity contribution is 0.604. The number of H-pyrrole nitrogens is 1. The highest BCUT2D eigenvalue weighted by molar-refractivity contribution is 5.83. The van der Waals surface area contributed by atoms with Crippen molar-refractivity contribution >= 4 is 22.0 Å². The Morgan fingerprint density at radius 1 is 1.14 bits per heavy atom. The van der Waals surface area contributed by atoms with Crippen LogP contribution in [0.5, 0.6) is 0 Å². The summed E-state index contributed by atoms with van der Waals surface area (Å²) in [5, 5.41) is 0.577. The van der Waals surface area contributed by atoms with E-state index in [1.165, 1.54) is 6.26 Å². The van der Waals surface area contributed by atoms with Gasteiger partial charge in [-0.05, 0) is 31.2 Å². The van der Waals surface area contributed by atoms with Crippen molar-refractivity contribution in [3.05, 3.63) is 64.5 Å². The molecule has 2 aromatic heterocycles. The van der Waals surface area contributed by atoms with Crippen LogP contribution in [0.15, 0.2) is 57.9 Å². The molecule has 102 valence electrons. The van der Waals surface area contributed by atoms with Crippen LogP contribution in [0.3, 0.4) is 0 Å². The molecule has 0 aliphatic heterocycles. The Balaban J connectivity index is 2.01. The SMILES string of the molecule is Cc1ccc2occ(-c3nc4ccccc4[nH]3)c(=O)c2c1. The molecule has 21 heavy (non-hydrogen) atoms. The van der Waals surface area contributed by atoms with Gasteiger partial charge in [-0.15, -0.1) is 0 Å². The van der Waals surface area contributed by atoms with E-state index in [0.29, 0.717) is 22.4 Å². The number of nitrogens with zero attached hydrogens (tertiary/aromatic N) is 1. The van der Waals surface area contributed by atoms with Gasteiger partial charge in [-0.1, -0.05) is 23.8 Å². The van der Waals surface area contributed by atoms with E-state index in [2.05, 4.69) is 9.97 Å². The third kappa shape index (κ3) is 1.84. The van der Waals surface area contributed by atoms with Crippen LogP contribution in [0.1, 0.15) is 5.56 Å². The minimum atomic E-state index is -0.0704. The molecule has 4 aromatic rings. The molecule has 4 heteroatoms. The molecule has 0 saturated carbocycles. The van der Waals surface area contributed by atoms with Crippen LogP contribution >= 0.6 is 0 Å². The number of imidazole rings is 1. The summed E-state index contributed by atoms with van der Waals surface area (Å²) in [5.74, 6) is 0.536. The zero-order chi connectivity index (χ0) is 14.4. The maximum Gasteiger partial charge on any atom is 0.203 e. The number of para-hydroxylation sites is 2. The molecular weight excluding hydrogens is 264 g/mol. The molecule has 4 rings (SSSR count). The molecule has 2 aromatic carbocycles. The molecule has 0 aliphatic rings. The van der Waals surface area contributed by atoms with E-state index in [9.17, 15) is 4.79 Å². The van der Waals surface area contributed by atoms with Gasteiger partial charge in [0.2, 0.25) is 5.43 Å². The van der Waals surface area contributed by atoms with Crippen molar-refractivity contribution in [1.29, 1.82) is 0 Å². The van der Waals surface area contributed by atoms with E-state index in [0.717, 1.165) is 16.6 Å². The van der Waals surface area contributed by atoms with Crippen molar-refractivity contribution in [3.63, 3.8) is 0 Å². The maximum atomic E-state index is 12.6. The summed E-state index contributed by atoms with van der Waals surface area (Å²) in [5.41, 5.74) is 3.72. The summed E-state index contributed by atoms with van der Waals surface area (Å²) >= 11 is 0. The summed E-state index contributed by atoms with van der Waals surface area (Å²) in [6.07, 6.45) is 1.47. The van der Waals surface area contributed by atoms with Gasteiger partial charge < -0.3 is 9.40 Å². The first kappa shape index (κ1) is 11.9.